The Labute approximate surface area is 126 Å². The van der Waals surface area contributed by atoms with Gasteiger partial charge in [-0.3, -0.25) is 4.90 Å². The van der Waals surface area contributed by atoms with Crippen LogP contribution in [0.5, 0.6) is 0 Å². The van der Waals surface area contributed by atoms with E-state index >= 15 is 0 Å². The molecule has 0 bridgehead atoms. The van der Waals surface area contributed by atoms with Crippen LogP contribution in [0.4, 0.5) is 0 Å². The Kier molecular flexibility index (Phi) is 4.80. The molecule has 1 fully saturated rings. The zero-order valence-electron chi connectivity index (χ0n) is 12.9. The molecule has 0 amide bonds. The summed E-state index contributed by atoms with van der Waals surface area (Å²) in [6, 6.07) is 8.00. The Morgan fingerprint density at radius 3 is 2.67 bits per heavy atom. The highest BCUT2D eigenvalue weighted by Gasteiger charge is 2.30. The van der Waals surface area contributed by atoms with Crippen LogP contribution in [-0.2, 0) is 16.1 Å². The molecule has 1 aliphatic rings. The first kappa shape index (κ1) is 15.7. The van der Waals surface area contributed by atoms with Crippen LogP contribution in [0.25, 0.3) is 6.08 Å². The van der Waals surface area contributed by atoms with E-state index in [-0.39, 0.29) is 11.7 Å². The zero-order chi connectivity index (χ0) is 15.5. The van der Waals surface area contributed by atoms with Gasteiger partial charge in [-0.1, -0.05) is 24.3 Å². The number of rotatable bonds is 4. The van der Waals surface area contributed by atoms with E-state index in [2.05, 4.69) is 37.8 Å². The van der Waals surface area contributed by atoms with Crippen molar-refractivity contribution in [2.24, 2.45) is 0 Å². The van der Waals surface area contributed by atoms with E-state index < -0.39 is 5.97 Å². The quantitative estimate of drug-likeness (QED) is 0.866. The van der Waals surface area contributed by atoms with Crippen molar-refractivity contribution in [1.29, 1.82) is 0 Å². The molecule has 1 N–H and O–H groups in total. The largest absolute Gasteiger partial charge is 0.478 e. The SMILES string of the molecule is CC1CN(Cc2ccc(C=CC(=O)O)cc2)CC(C)(C)O1. The maximum Gasteiger partial charge on any atom is 0.328 e. The molecule has 21 heavy (non-hydrogen) atoms. The van der Waals surface area contributed by atoms with Crippen LogP contribution in [0.1, 0.15) is 31.9 Å². The van der Waals surface area contributed by atoms with Gasteiger partial charge >= 0.3 is 5.97 Å². The summed E-state index contributed by atoms with van der Waals surface area (Å²) in [7, 11) is 0. The fourth-order valence-electron chi connectivity index (χ4n) is 2.87. The lowest BCUT2D eigenvalue weighted by Gasteiger charge is -2.41. The van der Waals surface area contributed by atoms with Crippen LogP contribution in [0.2, 0.25) is 0 Å². The van der Waals surface area contributed by atoms with E-state index in [0.717, 1.165) is 31.3 Å². The number of ether oxygens (including phenoxy) is 1. The lowest BCUT2D eigenvalue weighted by molar-refractivity contribution is -0.131. The summed E-state index contributed by atoms with van der Waals surface area (Å²) < 4.78 is 5.91. The van der Waals surface area contributed by atoms with Crippen molar-refractivity contribution in [1.82, 2.24) is 4.90 Å². The zero-order valence-corrected chi connectivity index (χ0v) is 12.9. The second-order valence-corrected chi connectivity index (χ2v) is 6.27. The van der Waals surface area contributed by atoms with Crippen LogP contribution in [-0.4, -0.2) is 40.8 Å². The lowest BCUT2D eigenvalue weighted by atomic mass is 10.0. The molecule has 0 saturated carbocycles. The summed E-state index contributed by atoms with van der Waals surface area (Å²) in [5, 5.41) is 8.61. The fraction of sp³-hybridized carbons (Fsp3) is 0.471. The number of hydrogen-bond donors (Lipinski definition) is 1. The van der Waals surface area contributed by atoms with Gasteiger partial charge in [-0.15, -0.1) is 0 Å². The van der Waals surface area contributed by atoms with Crippen molar-refractivity contribution in [2.45, 2.75) is 39.0 Å². The van der Waals surface area contributed by atoms with Crippen molar-refractivity contribution in [3.8, 4) is 0 Å². The first-order valence-corrected chi connectivity index (χ1v) is 7.24. The standard InChI is InChI=1S/C17H23NO3/c1-13-10-18(12-17(2,3)21-13)11-15-6-4-14(5-7-15)8-9-16(19)20/h4-9,13H,10-12H2,1-3H3,(H,19,20). The number of hydrogen-bond acceptors (Lipinski definition) is 3. The normalized spacial score (nSPS) is 22.5. The molecule has 4 heteroatoms. The highest BCUT2D eigenvalue weighted by molar-refractivity contribution is 5.85. The molecule has 1 unspecified atom stereocenters. The molecule has 1 atom stereocenters. The Hall–Kier alpha value is -1.65. The number of carbonyl (C=O) groups is 1. The van der Waals surface area contributed by atoms with Gasteiger partial charge in [0.1, 0.15) is 0 Å². The maximum absolute atomic E-state index is 10.5. The van der Waals surface area contributed by atoms with Crippen molar-refractivity contribution in [3.05, 3.63) is 41.5 Å². The van der Waals surface area contributed by atoms with Gasteiger partial charge in [-0.05, 0) is 38.0 Å². The van der Waals surface area contributed by atoms with Gasteiger partial charge in [0.05, 0.1) is 11.7 Å². The number of carboxylic acids is 1. The predicted octanol–water partition coefficient (Wildman–Crippen LogP) is 2.78. The van der Waals surface area contributed by atoms with Crippen LogP contribution in [0.15, 0.2) is 30.3 Å². The summed E-state index contributed by atoms with van der Waals surface area (Å²) in [6.45, 7) is 9.08. The molecule has 2 rings (SSSR count). The fourth-order valence-corrected chi connectivity index (χ4v) is 2.87. The first-order valence-electron chi connectivity index (χ1n) is 7.24. The average molecular weight is 289 g/mol. The Morgan fingerprint density at radius 2 is 2.10 bits per heavy atom. The van der Waals surface area contributed by atoms with Crippen molar-refractivity contribution < 1.29 is 14.6 Å². The molecule has 1 saturated heterocycles. The van der Waals surface area contributed by atoms with Crippen molar-refractivity contribution >= 4 is 12.0 Å². The molecule has 4 nitrogen and oxygen atoms in total. The highest BCUT2D eigenvalue weighted by Crippen LogP contribution is 2.22. The topological polar surface area (TPSA) is 49.8 Å². The Balaban J connectivity index is 1.98. The van der Waals surface area contributed by atoms with E-state index in [1.54, 1.807) is 6.08 Å². The molecule has 0 aliphatic carbocycles. The van der Waals surface area contributed by atoms with Gasteiger partial charge in [0.15, 0.2) is 0 Å². The van der Waals surface area contributed by atoms with Crippen molar-refractivity contribution in [3.63, 3.8) is 0 Å². The molecule has 0 radical (unpaired) electrons. The third kappa shape index (κ3) is 4.99. The minimum absolute atomic E-state index is 0.109. The second kappa shape index (κ2) is 6.41. The smallest absolute Gasteiger partial charge is 0.328 e. The second-order valence-electron chi connectivity index (χ2n) is 6.27. The molecule has 1 aromatic rings. The van der Waals surface area contributed by atoms with E-state index in [9.17, 15) is 4.79 Å². The monoisotopic (exact) mass is 289 g/mol. The summed E-state index contributed by atoms with van der Waals surface area (Å²) in [4.78, 5) is 12.9. The summed E-state index contributed by atoms with van der Waals surface area (Å²) in [6.07, 6.45) is 3.00. The van der Waals surface area contributed by atoms with Gasteiger partial charge < -0.3 is 9.84 Å². The summed E-state index contributed by atoms with van der Waals surface area (Å²) in [5.41, 5.74) is 2.02. The molecular formula is C17H23NO3. The van der Waals surface area contributed by atoms with Crippen LogP contribution in [0.3, 0.4) is 0 Å². The van der Waals surface area contributed by atoms with Gasteiger partial charge in [0.2, 0.25) is 0 Å². The maximum atomic E-state index is 10.5. The lowest BCUT2D eigenvalue weighted by Crippen LogP contribution is -2.51. The van der Waals surface area contributed by atoms with E-state index in [0.29, 0.717) is 0 Å². The van der Waals surface area contributed by atoms with E-state index in [4.69, 9.17) is 9.84 Å². The first-order chi connectivity index (χ1) is 9.84. The number of benzene rings is 1. The van der Waals surface area contributed by atoms with Crippen LogP contribution >= 0.6 is 0 Å². The predicted molar refractivity (Wildman–Crippen MR) is 83.0 cm³/mol. The van der Waals surface area contributed by atoms with Gasteiger partial charge in [-0.2, -0.15) is 0 Å². The number of morpholine rings is 1. The average Bonchev–Trinajstić information content (AvgIpc) is 2.35. The van der Waals surface area contributed by atoms with Crippen LogP contribution in [0, 0.1) is 0 Å². The molecule has 0 spiro atoms. The van der Waals surface area contributed by atoms with Gasteiger partial charge in [-0.25, -0.2) is 4.79 Å². The van der Waals surface area contributed by atoms with E-state index in [1.807, 2.05) is 12.1 Å². The molecule has 0 aromatic heterocycles. The Morgan fingerprint density at radius 1 is 1.43 bits per heavy atom. The molecule has 1 aliphatic heterocycles. The number of carboxylic acid groups (broad SMARTS) is 1. The third-order valence-corrected chi connectivity index (χ3v) is 3.44. The highest BCUT2D eigenvalue weighted by atomic mass is 16.5. The molecule has 1 aromatic carbocycles. The molecule has 114 valence electrons. The van der Waals surface area contributed by atoms with Gasteiger partial charge in [0, 0.05) is 25.7 Å². The van der Waals surface area contributed by atoms with E-state index in [1.165, 1.54) is 5.56 Å². The van der Waals surface area contributed by atoms with Gasteiger partial charge in [0.25, 0.3) is 0 Å². The van der Waals surface area contributed by atoms with Crippen LogP contribution < -0.4 is 0 Å². The molecule has 1 heterocycles. The summed E-state index contributed by atoms with van der Waals surface area (Å²) in [5.74, 6) is -0.927. The minimum Gasteiger partial charge on any atom is -0.478 e. The number of aliphatic carboxylic acids is 1. The molecular weight excluding hydrogens is 266 g/mol. The summed E-state index contributed by atoms with van der Waals surface area (Å²) >= 11 is 0. The van der Waals surface area contributed by atoms with Crippen molar-refractivity contribution in [2.75, 3.05) is 13.1 Å². The minimum atomic E-state index is -0.927. The third-order valence-electron chi connectivity index (χ3n) is 3.44. The Bertz CT molecular complexity index is 519. The number of nitrogens with zero attached hydrogens (tertiary/aromatic N) is 1.